The molecule has 162 valence electrons. The van der Waals surface area contributed by atoms with Crippen LogP contribution in [0.2, 0.25) is 0 Å². The molecular weight excluding hydrogens is 407 g/mol. The molecule has 3 heterocycles. The van der Waals surface area contributed by atoms with Gasteiger partial charge in [-0.25, -0.2) is 8.42 Å². The summed E-state index contributed by atoms with van der Waals surface area (Å²) in [7, 11) is -3.18. The second-order valence-corrected chi connectivity index (χ2v) is 9.61. The first-order valence-corrected chi connectivity index (χ1v) is 11.5. The number of ether oxygens (including phenoxy) is 1. The smallest absolute Gasteiger partial charge is 0.401 e. The number of nitrogens with zero attached hydrogens (tertiary/aromatic N) is 3. The Hall–Kier alpha value is -1.65. The molecule has 1 fully saturated rings. The van der Waals surface area contributed by atoms with Crippen molar-refractivity contribution in [2.75, 3.05) is 45.6 Å². The summed E-state index contributed by atoms with van der Waals surface area (Å²) in [5.41, 5.74) is 1.81. The van der Waals surface area contributed by atoms with E-state index in [9.17, 15) is 21.6 Å². The molecule has 0 spiro atoms. The van der Waals surface area contributed by atoms with Crippen LogP contribution in [0.3, 0.4) is 0 Å². The van der Waals surface area contributed by atoms with Crippen molar-refractivity contribution in [2.45, 2.75) is 25.4 Å². The molecule has 10 heteroatoms. The third-order valence-corrected chi connectivity index (χ3v) is 6.57. The lowest BCUT2D eigenvalue weighted by molar-refractivity contribution is -0.148. The van der Waals surface area contributed by atoms with E-state index < -0.39 is 22.7 Å². The Labute approximate surface area is 169 Å². The molecule has 0 N–H and O–H groups in total. The molecule has 2 aliphatic rings. The van der Waals surface area contributed by atoms with Gasteiger partial charge in [0.15, 0.2) is 0 Å². The second kappa shape index (κ2) is 9.01. The number of pyridine rings is 1. The minimum Gasteiger partial charge on any atom is -0.492 e. The lowest BCUT2D eigenvalue weighted by Crippen LogP contribution is -2.41. The van der Waals surface area contributed by atoms with Gasteiger partial charge < -0.3 is 4.74 Å². The van der Waals surface area contributed by atoms with Gasteiger partial charge in [-0.3, -0.25) is 9.88 Å². The maximum absolute atomic E-state index is 12.4. The fourth-order valence-electron chi connectivity index (χ4n) is 3.62. The predicted octanol–water partition coefficient (Wildman–Crippen LogP) is 2.78. The number of likely N-dealkylation sites (tertiary alicyclic amines) is 1. The molecule has 29 heavy (non-hydrogen) atoms. The van der Waals surface area contributed by atoms with Crippen LogP contribution in [0.25, 0.3) is 5.57 Å². The minimum atomic E-state index is -4.15. The van der Waals surface area contributed by atoms with Crippen molar-refractivity contribution in [3.05, 3.63) is 30.1 Å². The van der Waals surface area contributed by atoms with Crippen molar-refractivity contribution in [3.63, 3.8) is 0 Å². The highest BCUT2D eigenvalue weighted by Gasteiger charge is 2.32. The SMILES string of the molecule is CS(=O)(=O)N1CC=C(c2ccc(OCC3CCN(CC(F)(F)F)CC3)cn2)CC1. The highest BCUT2D eigenvalue weighted by Crippen LogP contribution is 2.25. The van der Waals surface area contributed by atoms with E-state index in [0.717, 1.165) is 11.3 Å². The van der Waals surface area contributed by atoms with Crippen LogP contribution in [0.15, 0.2) is 24.4 Å². The molecular formula is C19H26F3N3O3S. The van der Waals surface area contributed by atoms with Gasteiger partial charge in [-0.2, -0.15) is 17.5 Å². The summed E-state index contributed by atoms with van der Waals surface area (Å²) < 4.78 is 67.7. The minimum absolute atomic E-state index is 0.238. The van der Waals surface area contributed by atoms with Crippen molar-refractivity contribution >= 4 is 15.6 Å². The van der Waals surface area contributed by atoms with E-state index in [1.54, 1.807) is 6.20 Å². The largest absolute Gasteiger partial charge is 0.492 e. The monoisotopic (exact) mass is 433 g/mol. The Bertz CT molecular complexity index is 817. The van der Waals surface area contributed by atoms with Gasteiger partial charge in [-0.15, -0.1) is 0 Å². The van der Waals surface area contributed by atoms with Crippen molar-refractivity contribution in [2.24, 2.45) is 5.92 Å². The van der Waals surface area contributed by atoms with Crippen molar-refractivity contribution < 1.29 is 26.3 Å². The maximum atomic E-state index is 12.4. The first-order chi connectivity index (χ1) is 13.6. The molecule has 6 nitrogen and oxygen atoms in total. The zero-order chi connectivity index (χ0) is 21.1. The molecule has 0 aliphatic carbocycles. The topological polar surface area (TPSA) is 62.7 Å². The van der Waals surface area contributed by atoms with Gasteiger partial charge in [0.25, 0.3) is 0 Å². The number of hydrogen-bond donors (Lipinski definition) is 0. The van der Waals surface area contributed by atoms with E-state index in [1.807, 2.05) is 18.2 Å². The van der Waals surface area contributed by atoms with E-state index in [4.69, 9.17) is 4.74 Å². The lowest BCUT2D eigenvalue weighted by Gasteiger charge is -2.32. The molecule has 1 aromatic heterocycles. The van der Waals surface area contributed by atoms with E-state index >= 15 is 0 Å². The molecule has 2 aliphatic heterocycles. The average molecular weight is 433 g/mol. The first kappa shape index (κ1) is 22.0. The summed E-state index contributed by atoms with van der Waals surface area (Å²) in [6, 6.07) is 3.67. The van der Waals surface area contributed by atoms with Crippen LogP contribution >= 0.6 is 0 Å². The van der Waals surface area contributed by atoms with Crippen molar-refractivity contribution in [1.82, 2.24) is 14.2 Å². The summed E-state index contributed by atoms with van der Waals surface area (Å²) in [4.78, 5) is 5.85. The van der Waals surface area contributed by atoms with Gasteiger partial charge in [-0.1, -0.05) is 6.08 Å². The highest BCUT2D eigenvalue weighted by molar-refractivity contribution is 7.88. The van der Waals surface area contributed by atoms with Crippen LogP contribution in [-0.4, -0.2) is 74.4 Å². The number of hydrogen-bond acceptors (Lipinski definition) is 5. The Morgan fingerprint density at radius 2 is 1.93 bits per heavy atom. The molecule has 3 rings (SSSR count). The summed E-state index contributed by atoms with van der Waals surface area (Å²) in [5.74, 6) is 0.864. The predicted molar refractivity (Wildman–Crippen MR) is 104 cm³/mol. The fraction of sp³-hybridized carbons (Fsp3) is 0.632. The highest BCUT2D eigenvalue weighted by atomic mass is 32.2. The lowest BCUT2D eigenvalue weighted by atomic mass is 9.98. The summed E-state index contributed by atoms with van der Waals surface area (Å²) >= 11 is 0. The number of alkyl halides is 3. The molecule has 1 saturated heterocycles. The van der Waals surface area contributed by atoms with Crippen LogP contribution in [0.5, 0.6) is 5.75 Å². The van der Waals surface area contributed by atoms with Crippen LogP contribution < -0.4 is 4.74 Å². The summed E-state index contributed by atoms with van der Waals surface area (Å²) in [6.45, 7) is 1.28. The molecule has 0 bridgehead atoms. The number of sulfonamides is 1. The van der Waals surface area contributed by atoms with Crippen LogP contribution in [0.1, 0.15) is 25.0 Å². The Balaban J connectivity index is 1.45. The van der Waals surface area contributed by atoms with E-state index in [2.05, 4.69) is 4.98 Å². The number of aromatic nitrogens is 1. The quantitative estimate of drug-likeness (QED) is 0.691. The van der Waals surface area contributed by atoms with Gasteiger partial charge in [0.1, 0.15) is 5.75 Å². The van der Waals surface area contributed by atoms with Gasteiger partial charge in [0.05, 0.1) is 31.3 Å². The fourth-order valence-corrected chi connectivity index (χ4v) is 4.39. The Kier molecular flexibility index (Phi) is 6.85. The van der Waals surface area contributed by atoms with Crippen LogP contribution in [0.4, 0.5) is 13.2 Å². The maximum Gasteiger partial charge on any atom is 0.401 e. The molecule has 0 atom stereocenters. The van der Waals surface area contributed by atoms with Gasteiger partial charge in [-0.05, 0) is 56.0 Å². The summed E-state index contributed by atoms with van der Waals surface area (Å²) in [6.07, 6.45) is 2.55. The van der Waals surface area contributed by atoms with Gasteiger partial charge in [0, 0.05) is 13.1 Å². The summed E-state index contributed by atoms with van der Waals surface area (Å²) in [5, 5.41) is 0. The standard InChI is InChI=1S/C19H26F3N3O3S/c1-29(26,27)25-10-6-16(7-11-25)18-3-2-17(12-23-18)28-13-15-4-8-24(9-5-15)14-19(20,21)22/h2-3,6,12,15H,4-5,7-11,13-14H2,1H3. The molecule has 0 amide bonds. The molecule has 0 saturated carbocycles. The zero-order valence-electron chi connectivity index (χ0n) is 16.4. The van der Waals surface area contributed by atoms with Gasteiger partial charge in [0.2, 0.25) is 10.0 Å². The third kappa shape index (κ3) is 6.68. The molecule has 0 unspecified atom stereocenters. The Morgan fingerprint density at radius 1 is 1.21 bits per heavy atom. The number of rotatable bonds is 6. The third-order valence-electron chi connectivity index (χ3n) is 5.30. The molecule has 0 radical (unpaired) electrons. The van der Waals surface area contributed by atoms with Gasteiger partial charge >= 0.3 is 6.18 Å². The molecule has 0 aromatic carbocycles. The first-order valence-electron chi connectivity index (χ1n) is 9.62. The number of halogens is 3. The van der Waals surface area contributed by atoms with Crippen molar-refractivity contribution in [1.29, 1.82) is 0 Å². The van der Waals surface area contributed by atoms with E-state index in [1.165, 1.54) is 15.5 Å². The Morgan fingerprint density at radius 3 is 2.45 bits per heavy atom. The second-order valence-electron chi connectivity index (χ2n) is 7.63. The number of piperidine rings is 1. The van der Waals surface area contributed by atoms with E-state index in [-0.39, 0.29) is 5.92 Å². The normalized spacial score (nSPS) is 20.5. The van der Waals surface area contributed by atoms with E-state index in [0.29, 0.717) is 57.8 Å². The van der Waals surface area contributed by atoms with Crippen LogP contribution in [-0.2, 0) is 10.0 Å². The zero-order valence-corrected chi connectivity index (χ0v) is 17.2. The average Bonchev–Trinajstić information content (AvgIpc) is 2.66. The van der Waals surface area contributed by atoms with Crippen LogP contribution in [0, 0.1) is 5.92 Å². The molecule has 1 aromatic rings. The van der Waals surface area contributed by atoms with Crippen molar-refractivity contribution in [3.8, 4) is 5.75 Å².